The smallest absolute Gasteiger partial charge is 0.326 e. The molecule has 20 heteroatoms. The van der Waals surface area contributed by atoms with Gasteiger partial charge in [0.25, 0.3) is 0 Å². The molecule has 0 spiro atoms. The maximum atomic E-state index is 13.7. The third-order valence-corrected chi connectivity index (χ3v) is 8.04. The van der Waals surface area contributed by atoms with E-state index in [0.29, 0.717) is 32.2 Å². The number of carbonyl (C=O) groups excluding carboxylic acids is 5. The lowest BCUT2D eigenvalue weighted by Gasteiger charge is -2.33. The van der Waals surface area contributed by atoms with Crippen LogP contribution in [0.25, 0.3) is 0 Å². The minimum absolute atomic E-state index is 0.0340. The normalized spacial score (nSPS) is 14.8. The van der Waals surface area contributed by atoms with Crippen LogP contribution in [-0.4, -0.2) is 114 Å². The molecule has 0 aromatic carbocycles. The highest BCUT2D eigenvalue weighted by Gasteiger charge is 2.38. The van der Waals surface area contributed by atoms with E-state index >= 15 is 0 Å². The Morgan fingerprint density at radius 2 is 1.12 bits per heavy atom. The Hall–Kier alpha value is -3.72. The van der Waals surface area contributed by atoms with Gasteiger partial charge in [-0.3, -0.25) is 29.0 Å². The zero-order chi connectivity index (χ0) is 39.1. The minimum atomic E-state index is -1.32. The van der Waals surface area contributed by atoms with Crippen molar-refractivity contribution in [3.05, 3.63) is 0 Å². The highest BCUT2D eigenvalue weighted by Crippen LogP contribution is 2.19. The number of hydrogen-bond donors (Lipinski definition) is 13. The van der Waals surface area contributed by atoms with E-state index in [1.54, 1.807) is 13.8 Å². The summed E-state index contributed by atoms with van der Waals surface area (Å²) < 4.78 is -1.18. The van der Waals surface area contributed by atoms with Crippen molar-refractivity contribution in [3.63, 3.8) is 0 Å². The average Bonchev–Trinajstić information content (AvgIpc) is 3.05. The standard InChI is InChI=1S/C31H62N12O7S/c1-4-5-9-22(29(49)50)42-25(45)20(11-8-17-38-30(36)37)40-26(46)21(13-16-34)41-28(48)23(31(2,3)51)43-27(47)19(10-6-7-14-32)39-24(44)18(35)12-15-33/h18-23,51H,4-17,32-35H2,1-3H3,(H,39,44)(H,40,46)(H,41,48)(H,42,45)(H,43,47)(H,49,50)(H4,36,37,38)/t18-,19-,20-,21-,22-,23+/m0/s1. The Kier molecular flexibility index (Phi) is 23.4. The summed E-state index contributed by atoms with van der Waals surface area (Å²) in [6.07, 6.45) is 3.13. The van der Waals surface area contributed by atoms with E-state index in [1.807, 2.05) is 6.92 Å². The number of amides is 5. The van der Waals surface area contributed by atoms with Crippen molar-refractivity contribution in [1.29, 1.82) is 0 Å². The lowest BCUT2D eigenvalue weighted by Crippen LogP contribution is -2.63. The molecule has 19 nitrogen and oxygen atoms in total. The number of aliphatic imine (C=N–C) groups is 1. The first-order valence-electron chi connectivity index (χ1n) is 17.3. The van der Waals surface area contributed by atoms with Crippen LogP contribution in [0.3, 0.4) is 0 Å². The molecule has 0 fully saturated rings. The average molecular weight is 747 g/mol. The molecule has 0 radical (unpaired) electrons. The van der Waals surface area contributed by atoms with Crippen molar-refractivity contribution >= 4 is 54.1 Å². The number of aliphatic carboxylic acids is 1. The second-order valence-electron chi connectivity index (χ2n) is 12.8. The van der Waals surface area contributed by atoms with Gasteiger partial charge in [-0.05, 0) is 84.8 Å². The summed E-state index contributed by atoms with van der Waals surface area (Å²) in [4.78, 5) is 82.4. The van der Waals surface area contributed by atoms with Crippen LogP contribution in [-0.2, 0) is 28.8 Å². The van der Waals surface area contributed by atoms with Gasteiger partial charge in [0.1, 0.15) is 30.2 Å². The van der Waals surface area contributed by atoms with Crippen LogP contribution >= 0.6 is 12.6 Å². The molecule has 0 rings (SSSR count). The Bertz CT molecular complexity index is 1150. The van der Waals surface area contributed by atoms with Crippen molar-refractivity contribution in [2.24, 2.45) is 39.4 Å². The summed E-state index contributed by atoms with van der Waals surface area (Å²) in [5.74, 6) is -4.97. The van der Waals surface area contributed by atoms with E-state index in [0.717, 1.165) is 0 Å². The summed E-state index contributed by atoms with van der Waals surface area (Å²) in [6.45, 7) is 5.65. The van der Waals surface area contributed by atoms with Crippen molar-refractivity contribution in [2.75, 3.05) is 26.2 Å². The van der Waals surface area contributed by atoms with Crippen LogP contribution in [0.5, 0.6) is 0 Å². The number of rotatable bonds is 27. The maximum absolute atomic E-state index is 13.7. The van der Waals surface area contributed by atoms with Crippen molar-refractivity contribution in [3.8, 4) is 0 Å². The predicted molar refractivity (Wildman–Crippen MR) is 198 cm³/mol. The fourth-order valence-electron chi connectivity index (χ4n) is 4.83. The van der Waals surface area contributed by atoms with E-state index in [9.17, 15) is 33.9 Å². The third-order valence-electron chi connectivity index (χ3n) is 7.78. The summed E-state index contributed by atoms with van der Waals surface area (Å²) >= 11 is 4.52. The van der Waals surface area contributed by atoms with Gasteiger partial charge < -0.3 is 66.1 Å². The molecule has 294 valence electrons. The van der Waals surface area contributed by atoms with Crippen molar-refractivity contribution < 1.29 is 33.9 Å². The molecule has 0 bridgehead atoms. The van der Waals surface area contributed by atoms with Crippen LogP contribution in [0.1, 0.15) is 85.0 Å². The van der Waals surface area contributed by atoms with E-state index < -0.39 is 76.5 Å². The number of nitrogens with two attached hydrogens (primary N) is 6. The number of carbonyl (C=O) groups is 6. The van der Waals surface area contributed by atoms with E-state index in [4.69, 9.17) is 34.4 Å². The molecular weight excluding hydrogens is 684 g/mol. The van der Waals surface area contributed by atoms with Crippen LogP contribution in [0, 0.1) is 0 Å². The number of unbranched alkanes of at least 4 members (excludes halogenated alkanes) is 2. The number of carboxylic acid groups (broad SMARTS) is 1. The lowest BCUT2D eigenvalue weighted by atomic mass is 9.99. The van der Waals surface area contributed by atoms with Gasteiger partial charge in [0, 0.05) is 11.3 Å². The first-order chi connectivity index (χ1) is 23.9. The molecule has 0 unspecified atom stereocenters. The van der Waals surface area contributed by atoms with Crippen molar-refractivity contribution in [2.45, 2.75) is 126 Å². The maximum Gasteiger partial charge on any atom is 0.326 e. The summed E-state index contributed by atoms with van der Waals surface area (Å²) in [7, 11) is 0. The molecule has 0 aliphatic heterocycles. The summed E-state index contributed by atoms with van der Waals surface area (Å²) in [5, 5.41) is 22.5. The number of nitrogens with zero attached hydrogens (tertiary/aromatic N) is 1. The summed E-state index contributed by atoms with van der Waals surface area (Å²) in [6, 6.07) is -6.99. The molecule has 18 N–H and O–H groups in total. The highest BCUT2D eigenvalue weighted by molar-refractivity contribution is 7.81. The largest absolute Gasteiger partial charge is 0.480 e. The molecule has 0 heterocycles. The Labute approximate surface area is 305 Å². The Balaban J connectivity index is 6.15. The number of carboxylic acids is 1. The highest BCUT2D eigenvalue weighted by atomic mass is 32.1. The molecule has 0 aromatic heterocycles. The fourth-order valence-corrected chi connectivity index (χ4v) is 5.01. The van der Waals surface area contributed by atoms with E-state index in [-0.39, 0.29) is 64.1 Å². The van der Waals surface area contributed by atoms with Gasteiger partial charge in [-0.25, -0.2) is 4.79 Å². The fraction of sp³-hybridized carbons (Fsp3) is 0.774. The van der Waals surface area contributed by atoms with Gasteiger partial charge in [0.05, 0.1) is 6.04 Å². The topological polar surface area (TPSA) is 351 Å². The monoisotopic (exact) mass is 746 g/mol. The third kappa shape index (κ3) is 19.5. The van der Waals surface area contributed by atoms with E-state index in [1.165, 1.54) is 0 Å². The van der Waals surface area contributed by atoms with Crippen LogP contribution in [0.15, 0.2) is 4.99 Å². The quantitative estimate of drug-likeness (QED) is 0.0169. The molecule has 0 saturated heterocycles. The molecular formula is C31H62N12O7S. The SMILES string of the molecule is CCCC[C@H](NC(=O)[C@H](CCCN=C(N)N)NC(=O)[C@H](CCN)NC(=O)[C@@H](NC(=O)[C@H](CCCCN)NC(=O)[C@@H](N)CCN)C(C)(C)S)C(=O)O. The minimum Gasteiger partial charge on any atom is -0.480 e. The molecule has 0 saturated carbocycles. The number of guanidine groups is 1. The van der Waals surface area contributed by atoms with Crippen LogP contribution < -0.4 is 61.0 Å². The van der Waals surface area contributed by atoms with Crippen LogP contribution in [0.4, 0.5) is 0 Å². The molecule has 0 aliphatic rings. The summed E-state index contributed by atoms with van der Waals surface area (Å²) in [5.41, 5.74) is 33.5. The van der Waals surface area contributed by atoms with Crippen LogP contribution in [0.2, 0.25) is 0 Å². The number of hydrogen-bond acceptors (Lipinski definition) is 12. The molecule has 51 heavy (non-hydrogen) atoms. The van der Waals surface area contributed by atoms with E-state index in [2.05, 4.69) is 44.2 Å². The van der Waals surface area contributed by atoms with Gasteiger partial charge >= 0.3 is 5.97 Å². The second kappa shape index (κ2) is 25.3. The first kappa shape index (κ1) is 47.3. The molecule has 0 aliphatic carbocycles. The van der Waals surface area contributed by atoms with Gasteiger partial charge in [-0.2, -0.15) is 12.6 Å². The predicted octanol–water partition coefficient (Wildman–Crippen LogP) is -3.40. The van der Waals surface area contributed by atoms with Crippen molar-refractivity contribution in [1.82, 2.24) is 26.6 Å². The molecule has 0 aromatic rings. The van der Waals surface area contributed by atoms with Gasteiger partial charge in [0.2, 0.25) is 29.5 Å². The number of nitrogens with one attached hydrogen (secondary N) is 5. The number of thiol groups is 1. The van der Waals surface area contributed by atoms with Gasteiger partial charge in [0.15, 0.2) is 5.96 Å². The van der Waals surface area contributed by atoms with Gasteiger partial charge in [-0.15, -0.1) is 0 Å². The lowest BCUT2D eigenvalue weighted by molar-refractivity contribution is -0.142. The Morgan fingerprint density at radius 1 is 0.647 bits per heavy atom. The molecule has 5 amide bonds. The first-order valence-corrected chi connectivity index (χ1v) is 17.8. The molecule has 6 atom stereocenters. The second-order valence-corrected chi connectivity index (χ2v) is 14.0. The Morgan fingerprint density at radius 3 is 1.61 bits per heavy atom. The zero-order valence-corrected chi connectivity index (χ0v) is 31.0. The zero-order valence-electron chi connectivity index (χ0n) is 30.1. The van der Waals surface area contributed by atoms with Gasteiger partial charge in [-0.1, -0.05) is 19.8 Å².